The van der Waals surface area contributed by atoms with Gasteiger partial charge in [0.1, 0.15) is 28.0 Å². The zero-order valence-electron chi connectivity index (χ0n) is 17.0. The molecule has 0 saturated heterocycles. The predicted octanol–water partition coefficient (Wildman–Crippen LogP) is 5.21. The van der Waals surface area contributed by atoms with E-state index in [4.69, 9.17) is 14.2 Å². The van der Waals surface area contributed by atoms with Gasteiger partial charge in [0.2, 0.25) is 0 Å². The maximum atomic E-state index is 12.7. The number of aromatic nitrogens is 2. The van der Waals surface area contributed by atoms with Crippen LogP contribution in [-0.2, 0) is 0 Å². The van der Waals surface area contributed by atoms with E-state index in [0.717, 1.165) is 21.9 Å². The number of nitrogens with one attached hydrogen (secondary N) is 1. The SMILES string of the molecule is COc1ccc(-c2nc(C(=O)Nc3nc(-c4cc(OC)ccc4OC)cs3)cs2)cc1. The summed E-state index contributed by atoms with van der Waals surface area (Å²) < 4.78 is 15.9. The summed E-state index contributed by atoms with van der Waals surface area (Å²) in [5, 5.41) is 7.64. The van der Waals surface area contributed by atoms with Gasteiger partial charge in [0.25, 0.3) is 5.91 Å². The highest BCUT2D eigenvalue weighted by Gasteiger charge is 2.16. The summed E-state index contributed by atoms with van der Waals surface area (Å²) >= 11 is 2.74. The van der Waals surface area contributed by atoms with Crippen LogP contribution in [0.5, 0.6) is 17.2 Å². The summed E-state index contributed by atoms with van der Waals surface area (Å²) in [5.74, 6) is 1.83. The number of methoxy groups -OCH3 is 3. The van der Waals surface area contributed by atoms with Crippen LogP contribution in [0.2, 0.25) is 0 Å². The number of thiazole rings is 2. The number of hydrogen-bond acceptors (Lipinski definition) is 8. The number of ether oxygens (including phenoxy) is 3. The third-order valence-corrected chi connectivity index (χ3v) is 6.13. The fourth-order valence-electron chi connectivity index (χ4n) is 2.87. The molecule has 1 N–H and O–H groups in total. The second kappa shape index (κ2) is 9.15. The van der Waals surface area contributed by atoms with Crippen LogP contribution in [0.1, 0.15) is 10.5 Å². The Morgan fingerprint density at radius 1 is 0.871 bits per heavy atom. The Hall–Kier alpha value is -3.43. The lowest BCUT2D eigenvalue weighted by atomic mass is 10.1. The van der Waals surface area contributed by atoms with Gasteiger partial charge < -0.3 is 14.2 Å². The van der Waals surface area contributed by atoms with Gasteiger partial charge in [-0.1, -0.05) is 0 Å². The van der Waals surface area contributed by atoms with Gasteiger partial charge in [-0.15, -0.1) is 22.7 Å². The number of hydrogen-bond donors (Lipinski definition) is 1. The number of carbonyl (C=O) groups is 1. The van der Waals surface area contributed by atoms with E-state index < -0.39 is 0 Å². The summed E-state index contributed by atoms with van der Waals surface area (Å²) in [7, 11) is 4.82. The minimum Gasteiger partial charge on any atom is -0.497 e. The van der Waals surface area contributed by atoms with Crippen molar-refractivity contribution < 1.29 is 19.0 Å². The minimum absolute atomic E-state index is 0.311. The van der Waals surface area contributed by atoms with E-state index in [2.05, 4.69) is 15.3 Å². The summed E-state index contributed by atoms with van der Waals surface area (Å²) in [4.78, 5) is 21.6. The second-order valence-electron chi connectivity index (χ2n) is 6.32. The van der Waals surface area contributed by atoms with E-state index in [1.54, 1.807) is 26.7 Å². The summed E-state index contributed by atoms with van der Waals surface area (Å²) in [6.45, 7) is 0. The normalized spacial score (nSPS) is 10.5. The molecule has 2 aromatic carbocycles. The van der Waals surface area contributed by atoms with Crippen molar-refractivity contribution in [3.05, 3.63) is 58.9 Å². The van der Waals surface area contributed by atoms with E-state index in [-0.39, 0.29) is 5.91 Å². The maximum Gasteiger partial charge on any atom is 0.276 e. The van der Waals surface area contributed by atoms with Crippen molar-refractivity contribution in [2.24, 2.45) is 0 Å². The van der Waals surface area contributed by atoms with Crippen LogP contribution in [0.25, 0.3) is 21.8 Å². The highest BCUT2D eigenvalue weighted by Crippen LogP contribution is 2.35. The lowest BCUT2D eigenvalue weighted by Gasteiger charge is -2.08. The fourth-order valence-corrected chi connectivity index (χ4v) is 4.39. The Kier molecular flexibility index (Phi) is 6.15. The smallest absolute Gasteiger partial charge is 0.276 e. The Bertz CT molecular complexity index is 1200. The number of nitrogens with zero attached hydrogens (tertiary/aromatic N) is 2. The summed E-state index contributed by atoms with van der Waals surface area (Å²) in [6.07, 6.45) is 0. The second-order valence-corrected chi connectivity index (χ2v) is 8.04. The van der Waals surface area contributed by atoms with Gasteiger partial charge in [-0.25, -0.2) is 9.97 Å². The van der Waals surface area contributed by atoms with Gasteiger partial charge in [0, 0.05) is 21.9 Å². The molecule has 0 saturated carbocycles. The van der Waals surface area contributed by atoms with Gasteiger partial charge in [0.15, 0.2) is 5.13 Å². The van der Waals surface area contributed by atoms with Crippen molar-refractivity contribution in [1.82, 2.24) is 9.97 Å². The van der Waals surface area contributed by atoms with Crippen molar-refractivity contribution in [2.75, 3.05) is 26.6 Å². The van der Waals surface area contributed by atoms with Crippen LogP contribution >= 0.6 is 22.7 Å². The van der Waals surface area contributed by atoms with Crippen molar-refractivity contribution in [1.29, 1.82) is 0 Å². The summed E-state index contributed by atoms with van der Waals surface area (Å²) in [6, 6.07) is 13.0. The van der Waals surface area contributed by atoms with Gasteiger partial charge in [-0.2, -0.15) is 0 Å². The van der Waals surface area contributed by atoms with Crippen LogP contribution in [-0.4, -0.2) is 37.2 Å². The lowest BCUT2D eigenvalue weighted by Crippen LogP contribution is -2.12. The molecule has 4 aromatic rings. The third kappa shape index (κ3) is 4.52. The number of rotatable bonds is 7. The third-order valence-electron chi connectivity index (χ3n) is 4.48. The first-order valence-corrected chi connectivity index (χ1v) is 11.0. The molecule has 0 aliphatic carbocycles. The average Bonchev–Trinajstić information content (AvgIpc) is 3.49. The molecule has 0 unspecified atom stereocenters. The first-order chi connectivity index (χ1) is 15.1. The molecule has 2 heterocycles. The van der Waals surface area contributed by atoms with Crippen molar-refractivity contribution >= 4 is 33.7 Å². The van der Waals surface area contributed by atoms with Gasteiger partial charge in [0.05, 0.1) is 27.0 Å². The number of benzene rings is 2. The topological polar surface area (TPSA) is 82.6 Å². The molecule has 0 fully saturated rings. The van der Waals surface area contributed by atoms with Crippen LogP contribution in [0.3, 0.4) is 0 Å². The lowest BCUT2D eigenvalue weighted by molar-refractivity contribution is 0.102. The number of carbonyl (C=O) groups excluding carboxylic acids is 1. The molecule has 31 heavy (non-hydrogen) atoms. The van der Waals surface area contributed by atoms with E-state index in [1.807, 2.05) is 47.8 Å². The standard InChI is InChI=1S/C22H19N3O4S2/c1-27-14-6-4-13(5-7-14)21-23-18(12-30-21)20(26)25-22-24-17(11-31-22)16-10-15(28-2)8-9-19(16)29-3/h4-12H,1-3H3,(H,24,25,26). The van der Waals surface area contributed by atoms with E-state index in [1.165, 1.54) is 22.7 Å². The first-order valence-electron chi connectivity index (χ1n) is 9.20. The largest absolute Gasteiger partial charge is 0.497 e. The van der Waals surface area contributed by atoms with Gasteiger partial charge in [-0.3, -0.25) is 10.1 Å². The Morgan fingerprint density at radius 3 is 2.32 bits per heavy atom. The van der Waals surface area contributed by atoms with E-state index >= 15 is 0 Å². The quantitative estimate of drug-likeness (QED) is 0.414. The molecular formula is C22H19N3O4S2. The molecule has 0 aliphatic heterocycles. The van der Waals surface area contributed by atoms with Crippen LogP contribution < -0.4 is 19.5 Å². The monoisotopic (exact) mass is 453 g/mol. The van der Waals surface area contributed by atoms with Crippen molar-refractivity contribution in [2.45, 2.75) is 0 Å². The van der Waals surface area contributed by atoms with E-state index in [9.17, 15) is 4.79 Å². The molecular weight excluding hydrogens is 434 g/mol. The molecule has 7 nitrogen and oxygen atoms in total. The zero-order chi connectivity index (χ0) is 21.8. The molecule has 0 spiro atoms. The maximum absolute atomic E-state index is 12.7. The Morgan fingerprint density at radius 2 is 1.61 bits per heavy atom. The molecule has 4 rings (SSSR count). The highest BCUT2D eigenvalue weighted by molar-refractivity contribution is 7.14. The molecule has 0 atom stereocenters. The molecule has 1 amide bonds. The molecule has 2 aromatic heterocycles. The van der Waals surface area contributed by atoms with Gasteiger partial charge >= 0.3 is 0 Å². The number of anilines is 1. The first kappa shape index (κ1) is 20.8. The van der Waals surface area contributed by atoms with Crippen LogP contribution in [0.15, 0.2) is 53.2 Å². The average molecular weight is 454 g/mol. The predicted molar refractivity (Wildman–Crippen MR) is 123 cm³/mol. The molecule has 0 radical (unpaired) electrons. The summed E-state index contributed by atoms with van der Waals surface area (Å²) in [5.41, 5.74) is 2.74. The molecule has 0 bridgehead atoms. The number of amides is 1. The fraction of sp³-hybridized carbons (Fsp3) is 0.136. The van der Waals surface area contributed by atoms with Crippen molar-refractivity contribution in [3.63, 3.8) is 0 Å². The Labute approximate surface area is 187 Å². The minimum atomic E-state index is -0.311. The van der Waals surface area contributed by atoms with Crippen LogP contribution in [0.4, 0.5) is 5.13 Å². The zero-order valence-corrected chi connectivity index (χ0v) is 18.7. The molecule has 0 aliphatic rings. The van der Waals surface area contributed by atoms with Crippen molar-refractivity contribution in [3.8, 4) is 39.1 Å². The molecule has 9 heteroatoms. The molecule has 158 valence electrons. The Balaban J connectivity index is 1.50. The van der Waals surface area contributed by atoms with Crippen LogP contribution in [0, 0.1) is 0 Å². The van der Waals surface area contributed by atoms with E-state index in [0.29, 0.717) is 28.0 Å². The van der Waals surface area contributed by atoms with Gasteiger partial charge in [-0.05, 0) is 42.5 Å². The highest BCUT2D eigenvalue weighted by atomic mass is 32.1.